The van der Waals surface area contributed by atoms with Crippen LogP contribution in [0.3, 0.4) is 0 Å². The van der Waals surface area contributed by atoms with Gasteiger partial charge >= 0.3 is 13.1 Å². The first-order chi connectivity index (χ1) is 15.4. The molecule has 1 fully saturated rings. The number of hydrogen-bond acceptors (Lipinski definition) is 9. The Bertz CT molecular complexity index is 918. The van der Waals surface area contributed by atoms with Crippen molar-refractivity contribution in [2.45, 2.75) is 51.2 Å². The highest BCUT2D eigenvalue weighted by molar-refractivity contribution is 6.41. The summed E-state index contributed by atoms with van der Waals surface area (Å²) < 4.78 is 5.65. The van der Waals surface area contributed by atoms with E-state index in [1.807, 2.05) is 0 Å². The Balaban J connectivity index is 1.95. The number of aromatic hydroxyl groups is 1. The van der Waals surface area contributed by atoms with Crippen LogP contribution in [0, 0.1) is 0 Å². The van der Waals surface area contributed by atoms with Gasteiger partial charge in [-0.2, -0.15) is 0 Å². The van der Waals surface area contributed by atoms with E-state index in [-0.39, 0.29) is 49.3 Å². The number of carbonyl (C=O) groups is 4. The predicted molar refractivity (Wildman–Crippen MR) is 116 cm³/mol. The molecule has 2 atom stereocenters. The van der Waals surface area contributed by atoms with E-state index < -0.39 is 54.4 Å². The highest BCUT2D eigenvalue weighted by atomic mass is 16.5. The lowest BCUT2D eigenvalue weighted by molar-refractivity contribution is -0.143. The lowest BCUT2D eigenvalue weighted by Crippen LogP contribution is -2.61. The van der Waals surface area contributed by atoms with Crippen molar-refractivity contribution in [3.63, 3.8) is 0 Å². The number of rotatable bonds is 11. The van der Waals surface area contributed by atoms with Crippen molar-refractivity contribution < 1.29 is 44.2 Å². The fourth-order valence-electron chi connectivity index (χ4n) is 3.34. The standard InChI is InChI=1S/C20H28BN3O9/c1-10(25)7-14(22)18(27)23-11(2)19(28)24-8-13(9-24)33-15-4-3-12(5-6-21(31)32)17(26)16(15)20(29)30/h3-4,11,13-14,26,31-32H,5-9,22H2,1-2H3,(H,23,27)(H,29,30)/t11-,14-/m1/s1. The number of nitrogens with two attached hydrogens (primary N) is 1. The molecule has 33 heavy (non-hydrogen) atoms. The second-order valence-electron chi connectivity index (χ2n) is 8.00. The van der Waals surface area contributed by atoms with E-state index in [4.69, 9.17) is 20.5 Å². The smallest absolute Gasteiger partial charge is 0.451 e. The molecule has 180 valence electrons. The van der Waals surface area contributed by atoms with Crippen molar-refractivity contribution in [3.8, 4) is 11.5 Å². The molecule has 12 nitrogen and oxygen atoms in total. The number of carboxylic acid groups (broad SMARTS) is 1. The third-order valence-corrected chi connectivity index (χ3v) is 5.14. The van der Waals surface area contributed by atoms with Crippen LogP contribution in [-0.4, -0.2) is 87.1 Å². The maximum absolute atomic E-state index is 12.5. The molecule has 0 aliphatic carbocycles. The maximum Gasteiger partial charge on any atom is 0.451 e. The number of carbonyl (C=O) groups excluding carboxylic acids is 3. The van der Waals surface area contributed by atoms with Crippen molar-refractivity contribution in [2.75, 3.05) is 13.1 Å². The Hall–Kier alpha value is -3.16. The highest BCUT2D eigenvalue weighted by Gasteiger charge is 2.36. The topological polar surface area (TPSA) is 200 Å². The summed E-state index contributed by atoms with van der Waals surface area (Å²) in [6, 6.07) is 0.877. The first kappa shape index (κ1) is 26.1. The van der Waals surface area contributed by atoms with Crippen molar-refractivity contribution in [3.05, 3.63) is 23.3 Å². The third kappa shape index (κ3) is 6.91. The molecule has 1 heterocycles. The number of carboxylic acids is 1. The Morgan fingerprint density at radius 2 is 1.91 bits per heavy atom. The average molecular weight is 465 g/mol. The van der Waals surface area contributed by atoms with Gasteiger partial charge in [-0.05, 0) is 38.2 Å². The van der Waals surface area contributed by atoms with Crippen LogP contribution in [0.1, 0.15) is 36.2 Å². The van der Waals surface area contributed by atoms with Crippen LogP contribution in [0.25, 0.3) is 0 Å². The number of ketones is 1. The second kappa shape index (κ2) is 11.1. The summed E-state index contributed by atoms with van der Waals surface area (Å²) in [6.45, 7) is 3.07. The molecule has 2 amide bonds. The molecule has 0 spiro atoms. The van der Waals surface area contributed by atoms with Crippen molar-refractivity contribution in [1.29, 1.82) is 0 Å². The Morgan fingerprint density at radius 3 is 2.45 bits per heavy atom. The quantitative estimate of drug-likeness (QED) is 0.209. The van der Waals surface area contributed by atoms with Crippen LogP contribution in [0.15, 0.2) is 12.1 Å². The van der Waals surface area contributed by atoms with Gasteiger partial charge in [0.25, 0.3) is 0 Å². The molecule has 1 aliphatic rings. The van der Waals surface area contributed by atoms with E-state index in [1.54, 1.807) is 0 Å². The van der Waals surface area contributed by atoms with Gasteiger partial charge in [0, 0.05) is 6.42 Å². The number of ether oxygens (including phenoxy) is 1. The molecule has 0 bridgehead atoms. The van der Waals surface area contributed by atoms with E-state index in [1.165, 1.54) is 30.9 Å². The minimum absolute atomic E-state index is 0.0510. The van der Waals surface area contributed by atoms with Crippen LogP contribution >= 0.6 is 0 Å². The molecule has 0 radical (unpaired) electrons. The minimum Gasteiger partial charge on any atom is -0.507 e. The van der Waals surface area contributed by atoms with Gasteiger partial charge in [0.1, 0.15) is 35.0 Å². The lowest BCUT2D eigenvalue weighted by atomic mass is 9.82. The van der Waals surface area contributed by atoms with Gasteiger partial charge < -0.3 is 40.9 Å². The Labute approximate surface area is 190 Å². The number of aromatic carboxylic acids is 1. The lowest BCUT2D eigenvalue weighted by Gasteiger charge is -2.40. The number of phenols is 1. The average Bonchev–Trinajstić information content (AvgIpc) is 2.67. The normalized spacial score (nSPS) is 15.2. The molecule has 1 saturated heterocycles. The van der Waals surface area contributed by atoms with Crippen LogP contribution in [0.4, 0.5) is 0 Å². The van der Waals surface area contributed by atoms with Gasteiger partial charge in [0.2, 0.25) is 11.8 Å². The van der Waals surface area contributed by atoms with Gasteiger partial charge in [0.05, 0.1) is 19.1 Å². The molecule has 7 N–H and O–H groups in total. The number of likely N-dealkylation sites (tertiary alicyclic amines) is 1. The molecule has 0 aromatic heterocycles. The monoisotopic (exact) mass is 465 g/mol. The van der Waals surface area contributed by atoms with Crippen molar-refractivity contribution in [1.82, 2.24) is 10.2 Å². The summed E-state index contributed by atoms with van der Waals surface area (Å²) >= 11 is 0. The zero-order valence-corrected chi connectivity index (χ0v) is 18.4. The van der Waals surface area contributed by atoms with E-state index >= 15 is 0 Å². The van der Waals surface area contributed by atoms with E-state index in [0.29, 0.717) is 0 Å². The molecular weight excluding hydrogens is 437 g/mol. The van der Waals surface area contributed by atoms with Crippen LogP contribution in [0.2, 0.25) is 6.32 Å². The minimum atomic E-state index is -1.59. The van der Waals surface area contributed by atoms with Crippen LogP contribution < -0.4 is 15.8 Å². The zero-order chi connectivity index (χ0) is 24.9. The summed E-state index contributed by atoms with van der Waals surface area (Å²) in [5, 5.41) is 40.2. The van der Waals surface area contributed by atoms with Crippen LogP contribution in [0.5, 0.6) is 11.5 Å². The molecule has 1 aromatic rings. The van der Waals surface area contributed by atoms with Gasteiger partial charge in [-0.1, -0.05) is 6.07 Å². The number of nitrogens with zero attached hydrogens (tertiary/aromatic N) is 1. The first-order valence-corrected chi connectivity index (χ1v) is 10.4. The molecule has 1 aliphatic heterocycles. The number of aryl methyl sites for hydroxylation is 1. The molecular formula is C20H28BN3O9. The highest BCUT2D eigenvalue weighted by Crippen LogP contribution is 2.34. The van der Waals surface area contributed by atoms with Crippen molar-refractivity contribution >= 4 is 30.7 Å². The van der Waals surface area contributed by atoms with Crippen LogP contribution in [-0.2, 0) is 20.8 Å². The van der Waals surface area contributed by atoms with Crippen molar-refractivity contribution in [2.24, 2.45) is 5.73 Å². The maximum atomic E-state index is 12.5. The second-order valence-corrected chi connectivity index (χ2v) is 8.00. The molecule has 0 saturated carbocycles. The Kier molecular flexibility index (Phi) is 8.80. The van der Waals surface area contributed by atoms with E-state index in [9.17, 15) is 29.4 Å². The molecule has 0 unspecified atom stereocenters. The summed E-state index contributed by atoms with van der Waals surface area (Å²) in [7, 11) is -1.59. The fraction of sp³-hybridized carbons (Fsp3) is 0.500. The SMILES string of the molecule is CC(=O)C[C@@H](N)C(=O)N[C@H](C)C(=O)N1CC(Oc2ccc(CCB(O)O)c(O)c2C(=O)O)C1. The van der Waals surface area contributed by atoms with Gasteiger partial charge in [0.15, 0.2) is 0 Å². The number of amides is 2. The predicted octanol–water partition coefficient (Wildman–Crippen LogP) is -1.49. The van der Waals surface area contributed by atoms with Gasteiger partial charge in [-0.25, -0.2) is 4.79 Å². The number of benzene rings is 1. The third-order valence-electron chi connectivity index (χ3n) is 5.14. The molecule has 13 heteroatoms. The van der Waals surface area contributed by atoms with E-state index in [0.717, 1.165) is 0 Å². The number of Topliss-reactive ketones (excluding diaryl/α,β-unsaturated/α-hetero) is 1. The van der Waals surface area contributed by atoms with E-state index in [2.05, 4.69) is 5.32 Å². The largest absolute Gasteiger partial charge is 0.507 e. The summed E-state index contributed by atoms with van der Waals surface area (Å²) in [6.07, 6.45) is -0.694. The summed E-state index contributed by atoms with van der Waals surface area (Å²) in [5.41, 5.74) is 5.39. The Morgan fingerprint density at radius 1 is 1.27 bits per heavy atom. The summed E-state index contributed by atoms with van der Waals surface area (Å²) in [4.78, 5) is 48.6. The zero-order valence-electron chi connectivity index (χ0n) is 18.4. The number of nitrogens with one attached hydrogen (secondary N) is 1. The summed E-state index contributed by atoms with van der Waals surface area (Å²) in [5.74, 6) is -3.27. The molecule has 1 aromatic carbocycles. The molecule has 2 rings (SSSR count). The number of hydrogen-bond donors (Lipinski definition) is 6. The van der Waals surface area contributed by atoms with Gasteiger partial charge in [-0.15, -0.1) is 0 Å². The van der Waals surface area contributed by atoms with Gasteiger partial charge in [-0.3, -0.25) is 14.4 Å². The fourth-order valence-corrected chi connectivity index (χ4v) is 3.34. The first-order valence-electron chi connectivity index (χ1n) is 10.4.